The smallest absolute Gasteiger partial charge is 0.358 e. The number of carboxylic acids is 1. The van der Waals surface area contributed by atoms with Crippen LogP contribution >= 0.6 is 0 Å². The first-order valence-electron chi connectivity index (χ1n) is 6.46. The number of nitrogens with zero attached hydrogens (tertiary/aromatic N) is 1. The maximum absolute atomic E-state index is 10.8. The summed E-state index contributed by atoms with van der Waals surface area (Å²) >= 11 is 0. The molecule has 20 heavy (non-hydrogen) atoms. The van der Waals surface area contributed by atoms with Gasteiger partial charge in [-0.3, -0.25) is 0 Å². The minimum Gasteiger partial charge on any atom is -0.476 e. The van der Waals surface area contributed by atoms with Crippen LogP contribution in [0.15, 0.2) is 34.9 Å². The molecule has 1 aromatic carbocycles. The Morgan fingerprint density at radius 2 is 2.25 bits per heavy atom. The van der Waals surface area contributed by atoms with E-state index in [1.165, 1.54) is 6.07 Å². The van der Waals surface area contributed by atoms with Gasteiger partial charge < -0.3 is 14.4 Å². The molecule has 1 N–H and O–H groups in total. The van der Waals surface area contributed by atoms with Crippen LogP contribution in [0.5, 0.6) is 0 Å². The van der Waals surface area contributed by atoms with Gasteiger partial charge >= 0.3 is 5.97 Å². The predicted octanol–water partition coefficient (Wildman–Crippen LogP) is 2.76. The zero-order valence-electron chi connectivity index (χ0n) is 11.1. The van der Waals surface area contributed by atoms with Gasteiger partial charge in [-0.25, -0.2) is 4.79 Å². The monoisotopic (exact) mass is 273 g/mol. The SMILES string of the molecule is COC1(Cc2cccc(-c3cc(C(=O)O)no3)c2)CC1. The van der Waals surface area contributed by atoms with Gasteiger partial charge in [0.25, 0.3) is 0 Å². The first kappa shape index (κ1) is 12.9. The second-order valence-electron chi connectivity index (χ2n) is 5.15. The highest BCUT2D eigenvalue weighted by Gasteiger charge is 2.42. The molecule has 1 saturated carbocycles. The van der Waals surface area contributed by atoms with Crippen molar-refractivity contribution in [2.45, 2.75) is 24.9 Å². The molecule has 1 aromatic heterocycles. The fourth-order valence-electron chi connectivity index (χ4n) is 2.31. The van der Waals surface area contributed by atoms with Crippen LogP contribution in [-0.2, 0) is 11.2 Å². The summed E-state index contributed by atoms with van der Waals surface area (Å²) in [5.41, 5.74) is 1.89. The van der Waals surface area contributed by atoms with Crippen LogP contribution in [0.2, 0.25) is 0 Å². The molecule has 0 saturated heterocycles. The van der Waals surface area contributed by atoms with E-state index in [1.54, 1.807) is 7.11 Å². The van der Waals surface area contributed by atoms with E-state index >= 15 is 0 Å². The van der Waals surface area contributed by atoms with E-state index in [0.717, 1.165) is 30.4 Å². The summed E-state index contributed by atoms with van der Waals surface area (Å²) in [6.45, 7) is 0. The summed E-state index contributed by atoms with van der Waals surface area (Å²) in [5.74, 6) is -0.626. The van der Waals surface area contributed by atoms with Crippen LogP contribution in [0.3, 0.4) is 0 Å². The van der Waals surface area contributed by atoms with Gasteiger partial charge in [-0.15, -0.1) is 0 Å². The standard InChI is InChI=1S/C15H15NO4/c1-19-15(5-6-15)9-10-3-2-4-11(7-10)13-8-12(14(17)18)16-20-13/h2-4,7-8H,5-6,9H2,1H3,(H,17,18). The van der Waals surface area contributed by atoms with Crippen molar-refractivity contribution in [2.75, 3.05) is 7.11 Å². The number of carboxylic acid groups (broad SMARTS) is 1. The minimum atomic E-state index is -1.09. The molecule has 1 fully saturated rings. The third-order valence-electron chi connectivity index (χ3n) is 3.71. The lowest BCUT2D eigenvalue weighted by molar-refractivity contribution is 0.0685. The predicted molar refractivity (Wildman–Crippen MR) is 71.6 cm³/mol. The van der Waals surface area contributed by atoms with Crippen molar-refractivity contribution in [3.05, 3.63) is 41.6 Å². The lowest BCUT2D eigenvalue weighted by Gasteiger charge is -2.13. The number of methoxy groups -OCH3 is 1. The topological polar surface area (TPSA) is 72.6 Å². The number of ether oxygens (including phenoxy) is 1. The fraction of sp³-hybridized carbons (Fsp3) is 0.333. The van der Waals surface area contributed by atoms with Crippen LogP contribution in [0, 0.1) is 0 Å². The van der Waals surface area contributed by atoms with Gasteiger partial charge in [0.1, 0.15) is 0 Å². The van der Waals surface area contributed by atoms with Crippen molar-refractivity contribution in [2.24, 2.45) is 0 Å². The Hall–Kier alpha value is -2.14. The zero-order chi connectivity index (χ0) is 14.2. The fourth-order valence-corrected chi connectivity index (χ4v) is 2.31. The van der Waals surface area contributed by atoms with Gasteiger partial charge in [-0.2, -0.15) is 0 Å². The minimum absolute atomic E-state index is 0.00768. The molecule has 3 rings (SSSR count). The molecule has 5 nitrogen and oxygen atoms in total. The highest BCUT2D eigenvalue weighted by Crippen LogP contribution is 2.42. The molecule has 0 atom stereocenters. The van der Waals surface area contributed by atoms with Crippen LogP contribution < -0.4 is 0 Å². The van der Waals surface area contributed by atoms with Crippen molar-refractivity contribution in [3.63, 3.8) is 0 Å². The van der Waals surface area contributed by atoms with Gasteiger partial charge in [0, 0.05) is 25.2 Å². The van der Waals surface area contributed by atoms with E-state index in [4.69, 9.17) is 14.4 Å². The average Bonchev–Trinajstić information content (AvgIpc) is 3.03. The van der Waals surface area contributed by atoms with Crippen molar-refractivity contribution in [1.82, 2.24) is 5.16 Å². The van der Waals surface area contributed by atoms with Crippen LogP contribution in [0.1, 0.15) is 28.9 Å². The third kappa shape index (κ3) is 2.44. The largest absolute Gasteiger partial charge is 0.476 e. The quantitative estimate of drug-likeness (QED) is 0.906. The van der Waals surface area contributed by atoms with Gasteiger partial charge in [0.2, 0.25) is 0 Å². The van der Waals surface area contributed by atoms with Crippen molar-refractivity contribution < 1.29 is 19.2 Å². The normalized spacial score (nSPS) is 16.1. The van der Waals surface area contributed by atoms with Crippen LogP contribution in [-0.4, -0.2) is 28.9 Å². The van der Waals surface area contributed by atoms with Crippen LogP contribution in [0.25, 0.3) is 11.3 Å². The van der Waals surface area contributed by atoms with E-state index < -0.39 is 5.97 Å². The molecule has 1 aliphatic carbocycles. The molecule has 0 bridgehead atoms. The Bertz CT molecular complexity index is 643. The van der Waals surface area contributed by atoms with Crippen molar-refractivity contribution >= 4 is 5.97 Å². The van der Waals surface area contributed by atoms with Gasteiger partial charge in [0.15, 0.2) is 11.5 Å². The summed E-state index contributed by atoms with van der Waals surface area (Å²) in [6.07, 6.45) is 3.02. The first-order chi connectivity index (χ1) is 9.62. The Balaban J connectivity index is 1.84. The number of rotatable bonds is 5. The average molecular weight is 273 g/mol. The van der Waals surface area contributed by atoms with E-state index in [2.05, 4.69) is 5.16 Å². The molecule has 1 heterocycles. The number of aromatic carboxylic acids is 1. The van der Waals surface area contributed by atoms with Gasteiger partial charge in [-0.1, -0.05) is 23.4 Å². The number of hydrogen-bond acceptors (Lipinski definition) is 4. The molecule has 0 amide bonds. The maximum atomic E-state index is 10.8. The summed E-state index contributed by atoms with van der Waals surface area (Å²) in [4.78, 5) is 10.8. The zero-order valence-corrected chi connectivity index (χ0v) is 11.1. The molecule has 0 aliphatic heterocycles. The van der Waals surface area contributed by atoms with Crippen LogP contribution in [0.4, 0.5) is 0 Å². The Labute approximate surface area is 116 Å². The Kier molecular flexibility index (Phi) is 3.06. The van der Waals surface area contributed by atoms with Crippen molar-refractivity contribution in [1.29, 1.82) is 0 Å². The second kappa shape index (κ2) is 4.76. The molecular weight excluding hydrogens is 258 g/mol. The van der Waals surface area contributed by atoms with E-state index in [9.17, 15) is 4.79 Å². The van der Waals surface area contributed by atoms with E-state index in [0.29, 0.717) is 5.76 Å². The number of aromatic nitrogens is 1. The Morgan fingerprint density at radius 1 is 1.45 bits per heavy atom. The van der Waals surface area contributed by atoms with Crippen molar-refractivity contribution in [3.8, 4) is 11.3 Å². The molecule has 1 aliphatic rings. The third-order valence-corrected chi connectivity index (χ3v) is 3.71. The van der Waals surface area contributed by atoms with Gasteiger partial charge in [0.05, 0.1) is 5.60 Å². The number of hydrogen-bond donors (Lipinski definition) is 1. The molecule has 5 heteroatoms. The lowest BCUT2D eigenvalue weighted by atomic mass is 10.0. The molecule has 2 aromatic rings. The summed E-state index contributed by atoms with van der Waals surface area (Å²) < 4.78 is 10.6. The number of carbonyl (C=O) groups is 1. The molecule has 104 valence electrons. The highest BCUT2D eigenvalue weighted by atomic mass is 16.5. The second-order valence-corrected chi connectivity index (χ2v) is 5.15. The highest BCUT2D eigenvalue weighted by molar-refractivity contribution is 5.86. The lowest BCUT2D eigenvalue weighted by Crippen LogP contribution is -2.14. The number of benzene rings is 1. The summed E-state index contributed by atoms with van der Waals surface area (Å²) in [6, 6.07) is 9.27. The summed E-state index contributed by atoms with van der Waals surface area (Å²) in [5, 5.41) is 12.4. The van der Waals surface area contributed by atoms with E-state index in [-0.39, 0.29) is 11.3 Å². The van der Waals surface area contributed by atoms with E-state index in [1.807, 2.05) is 24.3 Å². The first-order valence-corrected chi connectivity index (χ1v) is 6.46. The molecule has 0 unspecified atom stereocenters. The molecule has 0 radical (unpaired) electrons. The van der Waals surface area contributed by atoms with Gasteiger partial charge in [-0.05, 0) is 24.5 Å². The Morgan fingerprint density at radius 3 is 2.85 bits per heavy atom. The maximum Gasteiger partial charge on any atom is 0.358 e. The summed E-state index contributed by atoms with van der Waals surface area (Å²) in [7, 11) is 1.74. The molecular formula is C15H15NO4. The molecule has 0 spiro atoms.